The van der Waals surface area contributed by atoms with E-state index >= 15 is 0 Å². The van der Waals surface area contributed by atoms with Crippen LogP contribution in [-0.2, 0) is 4.79 Å². The van der Waals surface area contributed by atoms with Gasteiger partial charge in [-0.1, -0.05) is 39.7 Å². The summed E-state index contributed by atoms with van der Waals surface area (Å²) in [6.45, 7) is 1.56. The number of non-ortho nitro benzene ring substituents is 1. The Hall–Kier alpha value is -3.28. The topological polar surface area (TPSA) is 123 Å². The van der Waals surface area contributed by atoms with E-state index in [0.717, 1.165) is 11.6 Å². The highest BCUT2D eigenvalue weighted by molar-refractivity contribution is 9.11. The van der Waals surface area contributed by atoms with Crippen LogP contribution in [0.5, 0.6) is 5.75 Å². The summed E-state index contributed by atoms with van der Waals surface area (Å²) in [5, 5.41) is 18.1. The van der Waals surface area contributed by atoms with E-state index in [1.165, 1.54) is 24.4 Å². The number of anilines is 1. The molecule has 12 heteroatoms. The minimum atomic E-state index is -0.627. The van der Waals surface area contributed by atoms with Crippen LogP contribution in [0.15, 0.2) is 68.6 Å². The molecule has 0 fully saturated rings. The number of halogens is 3. The number of nitrogens with one attached hydrogen (secondary N) is 2. The Bertz CT molecular complexity index is 1330. The van der Waals surface area contributed by atoms with Gasteiger partial charge in [0.15, 0.2) is 6.61 Å². The molecule has 0 bridgehead atoms. The molecule has 3 aromatic rings. The maximum atomic E-state index is 12.4. The molecule has 0 saturated heterocycles. The van der Waals surface area contributed by atoms with Gasteiger partial charge in [-0.2, -0.15) is 5.10 Å². The van der Waals surface area contributed by atoms with Crippen LogP contribution < -0.4 is 15.5 Å². The lowest BCUT2D eigenvalue weighted by atomic mass is 10.2. The predicted molar refractivity (Wildman–Crippen MR) is 140 cm³/mol. The first-order valence-corrected chi connectivity index (χ1v) is 11.9. The third-order valence-corrected chi connectivity index (χ3v) is 5.98. The number of aryl methyl sites for hydroxylation is 1. The minimum absolute atomic E-state index is 0.0797. The van der Waals surface area contributed by atoms with Crippen molar-refractivity contribution in [2.45, 2.75) is 6.92 Å². The molecule has 0 aliphatic rings. The molecule has 0 spiro atoms. The number of nitro groups is 1. The second kappa shape index (κ2) is 11.9. The van der Waals surface area contributed by atoms with Gasteiger partial charge in [-0.05, 0) is 58.7 Å². The van der Waals surface area contributed by atoms with Crippen LogP contribution in [0.4, 0.5) is 11.4 Å². The highest BCUT2D eigenvalue weighted by Gasteiger charge is 2.13. The number of carbonyl (C=O) groups is 2. The zero-order valence-corrected chi connectivity index (χ0v) is 22.0. The molecule has 0 aromatic heterocycles. The molecular formula is C23H17Br2ClN4O5. The Morgan fingerprint density at radius 3 is 2.66 bits per heavy atom. The van der Waals surface area contributed by atoms with Crippen LogP contribution in [0.2, 0.25) is 5.02 Å². The Morgan fingerprint density at radius 1 is 1.17 bits per heavy atom. The van der Waals surface area contributed by atoms with Gasteiger partial charge >= 0.3 is 0 Å². The van der Waals surface area contributed by atoms with Gasteiger partial charge in [-0.3, -0.25) is 19.7 Å². The van der Waals surface area contributed by atoms with E-state index in [9.17, 15) is 19.7 Å². The minimum Gasteiger partial charge on any atom is -0.482 e. The number of nitrogens with zero attached hydrogens (tertiary/aromatic N) is 2. The van der Waals surface area contributed by atoms with E-state index in [4.69, 9.17) is 16.3 Å². The van der Waals surface area contributed by atoms with E-state index in [-0.39, 0.29) is 17.9 Å². The summed E-state index contributed by atoms with van der Waals surface area (Å²) in [4.78, 5) is 35.0. The van der Waals surface area contributed by atoms with Gasteiger partial charge in [0.1, 0.15) is 5.75 Å². The molecule has 2 amide bonds. The molecule has 0 aliphatic heterocycles. The summed E-state index contributed by atoms with van der Waals surface area (Å²) in [7, 11) is 0. The lowest BCUT2D eigenvalue weighted by molar-refractivity contribution is -0.384. The number of rotatable bonds is 8. The number of carbonyl (C=O) groups excluding carboxylic acids is 2. The van der Waals surface area contributed by atoms with Crippen LogP contribution in [0.3, 0.4) is 0 Å². The number of ether oxygens (including phenoxy) is 1. The average molecular weight is 625 g/mol. The van der Waals surface area contributed by atoms with Crippen molar-refractivity contribution >= 4 is 72.9 Å². The molecule has 0 saturated carbocycles. The summed E-state index contributed by atoms with van der Waals surface area (Å²) in [6, 6.07) is 13.9. The van der Waals surface area contributed by atoms with Crippen molar-refractivity contribution in [3.05, 3.63) is 95.4 Å². The first kappa shape index (κ1) is 26.3. The molecular weight excluding hydrogens is 608 g/mol. The fraction of sp³-hybridized carbons (Fsp3) is 0.0870. The monoisotopic (exact) mass is 622 g/mol. The lowest BCUT2D eigenvalue weighted by Gasteiger charge is -2.12. The molecule has 0 atom stereocenters. The van der Waals surface area contributed by atoms with E-state index in [1.807, 2.05) is 6.92 Å². The van der Waals surface area contributed by atoms with Crippen molar-refractivity contribution in [2.75, 3.05) is 11.9 Å². The first-order valence-electron chi connectivity index (χ1n) is 9.89. The summed E-state index contributed by atoms with van der Waals surface area (Å²) in [6.07, 6.45) is 1.33. The molecule has 35 heavy (non-hydrogen) atoms. The highest BCUT2D eigenvalue weighted by atomic mass is 79.9. The van der Waals surface area contributed by atoms with Gasteiger partial charge in [-0.15, -0.1) is 0 Å². The van der Waals surface area contributed by atoms with E-state index in [0.29, 0.717) is 31.0 Å². The lowest BCUT2D eigenvalue weighted by Crippen LogP contribution is -2.21. The number of amides is 2. The second-order valence-electron chi connectivity index (χ2n) is 7.11. The molecule has 2 N–H and O–H groups in total. The maximum absolute atomic E-state index is 12.4. The smallest absolute Gasteiger partial charge is 0.271 e. The Balaban J connectivity index is 1.69. The summed E-state index contributed by atoms with van der Waals surface area (Å²) in [5.74, 6) is -0.710. The number of hydrazone groups is 1. The zero-order valence-electron chi connectivity index (χ0n) is 18.1. The number of benzene rings is 3. The third kappa shape index (κ3) is 7.35. The first-order chi connectivity index (χ1) is 16.6. The summed E-state index contributed by atoms with van der Waals surface area (Å²) >= 11 is 12.9. The number of hydrogen-bond donors (Lipinski definition) is 2. The Morgan fingerprint density at radius 2 is 1.94 bits per heavy atom. The van der Waals surface area contributed by atoms with Crippen molar-refractivity contribution in [2.24, 2.45) is 5.10 Å². The van der Waals surface area contributed by atoms with E-state index < -0.39 is 16.7 Å². The van der Waals surface area contributed by atoms with E-state index in [1.54, 1.807) is 30.3 Å². The fourth-order valence-electron chi connectivity index (χ4n) is 2.82. The van der Waals surface area contributed by atoms with Crippen LogP contribution in [0, 0.1) is 17.0 Å². The third-order valence-electron chi connectivity index (χ3n) is 4.53. The van der Waals surface area contributed by atoms with E-state index in [2.05, 4.69) is 47.7 Å². The Labute approximate surface area is 221 Å². The zero-order chi connectivity index (χ0) is 25.5. The Kier molecular flexibility index (Phi) is 8.96. The second-order valence-corrected chi connectivity index (χ2v) is 9.29. The average Bonchev–Trinajstić information content (AvgIpc) is 2.80. The molecule has 0 heterocycles. The van der Waals surface area contributed by atoms with Crippen molar-refractivity contribution in [1.29, 1.82) is 0 Å². The molecule has 9 nitrogen and oxygen atoms in total. The molecule has 0 radical (unpaired) electrons. The normalized spacial score (nSPS) is 10.7. The van der Waals surface area contributed by atoms with Gasteiger partial charge in [0, 0.05) is 38.4 Å². The van der Waals surface area contributed by atoms with Gasteiger partial charge in [0.05, 0.1) is 15.6 Å². The van der Waals surface area contributed by atoms with Gasteiger partial charge in [-0.25, -0.2) is 5.43 Å². The largest absolute Gasteiger partial charge is 0.482 e. The quantitative estimate of drug-likeness (QED) is 0.185. The van der Waals surface area contributed by atoms with Crippen molar-refractivity contribution < 1.29 is 19.2 Å². The van der Waals surface area contributed by atoms with Gasteiger partial charge in [0.25, 0.3) is 17.5 Å². The standard InChI is InChI=1S/C23H17Br2ClN4O5/c1-13-5-6-17(10-20(13)26)28-21(31)12-35-22-15(7-16(24)9-19(22)25)11-27-29-23(32)14-3-2-4-18(8-14)30(33)34/h2-11H,12H2,1H3,(H,28,31)(H,29,32)/b27-11+. The predicted octanol–water partition coefficient (Wildman–Crippen LogP) is 5.86. The molecule has 3 aromatic carbocycles. The van der Waals surface area contributed by atoms with Crippen LogP contribution in [0.25, 0.3) is 0 Å². The van der Waals surface area contributed by atoms with Crippen LogP contribution in [-0.4, -0.2) is 29.6 Å². The summed E-state index contributed by atoms with van der Waals surface area (Å²) < 4.78 is 6.95. The molecule has 0 aliphatic carbocycles. The highest BCUT2D eigenvalue weighted by Crippen LogP contribution is 2.32. The maximum Gasteiger partial charge on any atom is 0.271 e. The fourth-order valence-corrected chi connectivity index (χ4v) is 4.37. The van der Waals surface area contributed by atoms with Crippen LogP contribution >= 0.6 is 43.5 Å². The number of nitro benzene ring substituents is 1. The summed E-state index contributed by atoms with van der Waals surface area (Å²) in [5.41, 5.74) is 4.07. The van der Waals surface area contributed by atoms with Gasteiger partial charge in [0.2, 0.25) is 0 Å². The van der Waals surface area contributed by atoms with Crippen molar-refractivity contribution in [3.8, 4) is 5.75 Å². The van der Waals surface area contributed by atoms with Crippen molar-refractivity contribution in [1.82, 2.24) is 5.43 Å². The van der Waals surface area contributed by atoms with Crippen LogP contribution in [0.1, 0.15) is 21.5 Å². The SMILES string of the molecule is Cc1ccc(NC(=O)COc2c(Br)cc(Br)cc2/C=N/NC(=O)c2cccc([N+](=O)[O-])c2)cc1Cl. The van der Waals surface area contributed by atoms with Gasteiger partial charge < -0.3 is 10.1 Å². The molecule has 0 unspecified atom stereocenters. The van der Waals surface area contributed by atoms with Crippen molar-refractivity contribution in [3.63, 3.8) is 0 Å². The number of hydrogen-bond acceptors (Lipinski definition) is 6. The molecule has 180 valence electrons. The molecule has 3 rings (SSSR count).